The van der Waals surface area contributed by atoms with E-state index in [0.29, 0.717) is 0 Å². The van der Waals surface area contributed by atoms with Gasteiger partial charge in [0.25, 0.3) is 0 Å². The van der Waals surface area contributed by atoms with Crippen molar-refractivity contribution in [3.63, 3.8) is 0 Å². The van der Waals surface area contributed by atoms with E-state index in [2.05, 4.69) is 52.5 Å². The lowest BCUT2D eigenvalue weighted by molar-refractivity contribution is 0.666. The van der Waals surface area contributed by atoms with E-state index in [1.807, 2.05) is 12.1 Å². The largest absolute Gasteiger partial charge is 0.341 e. The summed E-state index contributed by atoms with van der Waals surface area (Å²) < 4.78 is 0. The Morgan fingerprint density at radius 1 is 1.14 bits per heavy atom. The third-order valence-corrected chi connectivity index (χ3v) is 3.73. The molecule has 1 aromatic heterocycles. The van der Waals surface area contributed by atoms with E-state index in [9.17, 15) is 0 Å². The molecule has 2 aromatic carbocycles. The average molecular weight is 300 g/mol. The lowest BCUT2D eigenvalue weighted by atomic mass is 10.1. The van der Waals surface area contributed by atoms with Crippen LogP contribution in [0.25, 0.3) is 11.0 Å². The molecule has 0 saturated carbocycles. The Labute approximate surface area is 129 Å². The Bertz CT molecular complexity index is 731. The molecule has 21 heavy (non-hydrogen) atoms. The summed E-state index contributed by atoms with van der Waals surface area (Å²) >= 11 is 5.87. The fourth-order valence-electron chi connectivity index (χ4n) is 2.35. The summed E-state index contributed by atoms with van der Waals surface area (Å²) in [6.45, 7) is 3.75. The van der Waals surface area contributed by atoms with Gasteiger partial charge in [0.1, 0.15) is 5.82 Å². The third-order valence-electron chi connectivity index (χ3n) is 3.48. The molecule has 0 fully saturated rings. The summed E-state index contributed by atoms with van der Waals surface area (Å²) in [7, 11) is 0. The molecule has 0 atom stereocenters. The quantitative estimate of drug-likeness (QED) is 0.702. The van der Waals surface area contributed by atoms with Crippen LogP contribution in [0.1, 0.15) is 17.0 Å². The number of halogens is 1. The van der Waals surface area contributed by atoms with Gasteiger partial charge >= 0.3 is 0 Å². The van der Waals surface area contributed by atoms with Crippen molar-refractivity contribution < 1.29 is 0 Å². The van der Waals surface area contributed by atoms with Crippen molar-refractivity contribution in [3.8, 4) is 0 Å². The Morgan fingerprint density at radius 2 is 1.95 bits per heavy atom. The number of benzene rings is 2. The molecule has 0 radical (unpaired) electrons. The van der Waals surface area contributed by atoms with Crippen molar-refractivity contribution in [2.24, 2.45) is 0 Å². The fraction of sp³-hybridized carbons (Fsp3) is 0.235. The van der Waals surface area contributed by atoms with Crippen LogP contribution in [0, 0.1) is 6.92 Å². The number of aromatic amines is 1. The molecule has 0 spiro atoms. The second kappa shape index (κ2) is 6.29. The topological polar surface area (TPSA) is 40.7 Å². The van der Waals surface area contributed by atoms with Crippen molar-refractivity contribution in [1.29, 1.82) is 0 Å². The van der Waals surface area contributed by atoms with Crippen molar-refractivity contribution in [1.82, 2.24) is 15.3 Å². The highest BCUT2D eigenvalue weighted by Gasteiger charge is 2.02. The molecule has 3 rings (SSSR count). The molecular formula is C17H18ClN3. The smallest absolute Gasteiger partial charge is 0.121 e. The number of nitrogens with one attached hydrogen (secondary N) is 2. The maximum atomic E-state index is 5.87. The number of H-pyrrole nitrogens is 1. The number of nitrogens with zero attached hydrogens (tertiary/aromatic N) is 1. The van der Waals surface area contributed by atoms with E-state index < -0.39 is 0 Å². The molecule has 0 aliphatic heterocycles. The minimum atomic E-state index is 0.751. The van der Waals surface area contributed by atoms with E-state index >= 15 is 0 Å². The summed E-state index contributed by atoms with van der Waals surface area (Å²) in [5, 5.41) is 4.20. The second-order valence-electron chi connectivity index (χ2n) is 5.26. The molecule has 108 valence electrons. The van der Waals surface area contributed by atoms with Gasteiger partial charge in [-0.25, -0.2) is 4.98 Å². The van der Waals surface area contributed by atoms with Gasteiger partial charge in [0.2, 0.25) is 0 Å². The van der Waals surface area contributed by atoms with Crippen molar-refractivity contribution in [3.05, 3.63) is 64.4 Å². The molecule has 4 heteroatoms. The molecule has 0 saturated heterocycles. The molecule has 0 aliphatic rings. The van der Waals surface area contributed by atoms with Gasteiger partial charge in [-0.3, -0.25) is 0 Å². The molecule has 0 amide bonds. The minimum Gasteiger partial charge on any atom is -0.341 e. The normalized spacial score (nSPS) is 11.1. The van der Waals surface area contributed by atoms with Gasteiger partial charge < -0.3 is 10.3 Å². The Balaban J connectivity index is 1.53. The highest BCUT2D eigenvalue weighted by atomic mass is 35.5. The van der Waals surface area contributed by atoms with Crippen LogP contribution in [-0.2, 0) is 13.0 Å². The highest BCUT2D eigenvalue weighted by Crippen LogP contribution is 2.13. The van der Waals surface area contributed by atoms with Crippen molar-refractivity contribution in [2.75, 3.05) is 6.54 Å². The number of rotatable bonds is 5. The number of imidazole rings is 1. The zero-order valence-corrected chi connectivity index (χ0v) is 12.7. The first-order chi connectivity index (χ1) is 10.2. The van der Waals surface area contributed by atoms with Crippen LogP contribution in [0.3, 0.4) is 0 Å². The van der Waals surface area contributed by atoms with Crippen LogP contribution < -0.4 is 5.32 Å². The number of aromatic nitrogens is 2. The van der Waals surface area contributed by atoms with E-state index in [0.717, 1.165) is 41.4 Å². The molecule has 1 heterocycles. The van der Waals surface area contributed by atoms with Gasteiger partial charge in [-0.1, -0.05) is 29.8 Å². The fourth-order valence-corrected chi connectivity index (χ4v) is 2.48. The summed E-state index contributed by atoms with van der Waals surface area (Å²) in [4.78, 5) is 7.93. The van der Waals surface area contributed by atoms with E-state index in [4.69, 9.17) is 11.6 Å². The van der Waals surface area contributed by atoms with Crippen LogP contribution >= 0.6 is 11.6 Å². The molecule has 3 nitrogen and oxygen atoms in total. The van der Waals surface area contributed by atoms with Crippen LogP contribution in [0.4, 0.5) is 0 Å². The molecule has 3 aromatic rings. The van der Waals surface area contributed by atoms with Crippen molar-refractivity contribution >= 4 is 22.6 Å². The molecule has 0 unspecified atom stereocenters. The van der Waals surface area contributed by atoms with Crippen LogP contribution in [-0.4, -0.2) is 16.5 Å². The molecule has 2 N–H and O–H groups in total. The molecule has 0 bridgehead atoms. The van der Waals surface area contributed by atoms with Gasteiger partial charge in [-0.2, -0.15) is 0 Å². The zero-order valence-electron chi connectivity index (χ0n) is 12.0. The predicted molar refractivity (Wildman–Crippen MR) is 87.7 cm³/mol. The second-order valence-corrected chi connectivity index (χ2v) is 5.69. The summed E-state index contributed by atoms with van der Waals surface area (Å²) in [5.41, 5.74) is 4.65. The number of hydrogen-bond acceptors (Lipinski definition) is 2. The summed E-state index contributed by atoms with van der Waals surface area (Å²) in [6, 6.07) is 14.2. The maximum absolute atomic E-state index is 5.87. The van der Waals surface area contributed by atoms with Gasteiger partial charge in [0.05, 0.1) is 17.6 Å². The lowest BCUT2D eigenvalue weighted by Crippen LogP contribution is -2.17. The number of fused-ring (bicyclic) bond motifs is 1. The van der Waals surface area contributed by atoms with E-state index in [1.165, 1.54) is 11.1 Å². The van der Waals surface area contributed by atoms with Crippen LogP contribution in [0.2, 0.25) is 5.02 Å². The monoisotopic (exact) mass is 299 g/mol. The van der Waals surface area contributed by atoms with E-state index in [1.54, 1.807) is 0 Å². The highest BCUT2D eigenvalue weighted by molar-refractivity contribution is 6.30. The standard InChI is InChI=1S/C17H18ClN3/c1-12-2-7-15-16(10-12)21-17(20-15)11-19-9-8-13-3-5-14(18)6-4-13/h2-7,10,19H,8-9,11H2,1H3,(H,20,21). The lowest BCUT2D eigenvalue weighted by Gasteiger charge is -2.03. The van der Waals surface area contributed by atoms with Gasteiger partial charge in [-0.05, 0) is 55.3 Å². The van der Waals surface area contributed by atoms with Crippen molar-refractivity contribution in [2.45, 2.75) is 19.9 Å². The van der Waals surface area contributed by atoms with Gasteiger partial charge in [-0.15, -0.1) is 0 Å². The first-order valence-corrected chi connectivity index (χ1v) is 7.49. The zero-order chi connectivity index (χ0) is 14.7. The number of hydrogen-bond donors (Lipinski definition) is 2. The summed E-state index contributed by atoms with van der Waals surface area (Å²) in [5.74, 6) is 0.978. The SMILES string of the molecule is Cc1ccc2nc(CNCCc3ccc(Cl)cc3)[nH]c2c1. The summed E-state index contributed by atoms with van der Waals surface area (Å²) in [6.07, 6.45) is 0.983. The average Bonchev–Trinajstić information content (AvgIpc) is 2.87. The Hall–Kier alpha value is -1.84. The Morgan fingerprint density at radius 3 is 2.76 bits per heavy atom. The predicted octanol–water partition coefficient (Wildman–Crippen LogP) is 3.86. The van der Waals surface area contributed by atoms with E-state index in [-0.39, 0.29) is 0 Å². The molecule has 0 aliphatic carbocycles. The van der Waals surface area contributed by atoms with Crippen LogP contribution in [0.5, 0.6) is 0 Å². The first kappa shape index (κ1) is 14.1. The first-order valence-electron chi connectivity index (χ1n) is 7.11. The van der Waals surface area contributed by atoms with Gasteiger partial charge in [0.15, 0.2) is 0 Å². The third kappa shape index (κ3) is 3.63. The maximum Gasteiger partial charge on any atom is 0.121 e. The van der Waals surface area contributed by atoms with Crippen LogP contribution in [0.15, 0.2) is 42.5 Å². The minimum absolute atomic E-state index is 0.751. The Kier molecular flexibility index (Phi) is 4.23. The molecular weight excluding hydrogens is 282 g/mol. The van der Waals surface area contributed by atoms with Gasteiger partial charge in [0, 0.05) is 5.02 Å². The number of aryl methyl sites for hydroxylation is 1.